The van der Waals surface area contributed by atoms with Crippen molar-refractivity contribution in [2.75, 3.05) is 19.8 Å². The lowest BCUT2D eigenvalue weighted by Crippen LogP contribution is -2.47. The second-order valence-electron chi connectivity index (χ2n) is 7.08. The molecule has 3 rings (SSSR count). The van der Waals surface area contributed by atoms with E-state index in [1.807, 2.05) is 48.5 Å². The van der Waals surface area contributed by atoms with Gasteiger partial charge in [0.25, 0.3) is 0 Å². The number of hydrogen-bond donors (Lipinski definition) is 3. The van der Waals surface area contributed by atoms with Crippen LogP contribution in [-0.2, 0) is 16.1 Å². The maximum atomic E-state index is 12.3. The fourth-order valence-corrected chi connectivity index (χ4v) is 3.27. The van der Waals surface area contributed by atoms with E-state index in [1.165, 1.54) is 0 Å². The van der Waals surface area contributed by atoms with Gasteiger partial charge in [0, 0.05) is 19.8 Å². The summed E-state index contributed by atoms with van der Waals surface area (Å²) in [4.78, 5) is 12.3. The number of rotatable bonds is 8. The van der Waals surface area contributed by atoms with Gasteiger partial charge in [0.2, 0.25) is 5.91 Å². The quantitative estimate of drug-likeness (QED) is 0.649. The van der Waals surface area contributed by atoms with Crippen LogP contribution in [0.3, 0.4) is 0 Å². The van der Waals surface area contributed by atoms with Gasteiger partial charge in [-0.15, -0.1) is 0 Å². The van der Waals surface area contributed by atoms with E-state index in [1.54, 1.807) is 6.07 Å². The van der Waals surface area contributed by atoms with Crippen LogP contribution in [0.4, 0.5) is 0 Å². The molecule has 2 unspecified atom stereocenters. The Morgan fingerprint density at radius 2 is 1.93 bits per heavy atom. The molecule has 1 heterocycles. The topological polar surface area (TPSA) is 93.8 Å². The summed E-state index contributed by atoms with van der Waals surface area (Å²) in [7, 11) is 0. The van der Waals surface area contributed by atoms with E-state index in [9.17, 15) is 9.90 Å². The first kappa shape index (κ1) is 20.3. The Morgan fingerprint density at radius 3 is 2.68 bits per heavy atom. The number of nitrogens with one attached hydrogen (secondary N) is 1. The molecule has 28 heavy (non-hydrogen) atoms. The molecular formula is C22H28N2O4. The van der Waals surface area contributed by atoms with Crippen molar-refractivity contribution in [1.82, 2.24) is 5.32 Å². The number of carbonyl (C=O) groups excluding carboxylic acids is 1. The number of aliphatic hydroxyl groups is 1. The minimum absolute atomic E-state index is 0.109. The van der Waals surface area contributed by atoms with Crippen LogP contribution < -0.4 is 15.8 Å². The second kappa shape index (κ2) is 10.2. The predicted octanol–water partition coefficient (Wildman–Crippen LogP) is 2.17. The molecule has 150 valence electrons. The zero-order chi connectivity index (χ0) is 19.8. The van der Waals surface area contributed by atoms with Crippen molar-refractivity contribution in [3.05, 3.63) is 65.7 Å². The van der Waals surface area contributed by atoms with Crippen molar-refractivity contribution in [3.63, 3.8) is 0 Å². The number of carbonyl (C=O) groups is 1. The van der Waals surface area contributed by atoms with Crippen LogP contribution in [-0.4, -0.2) is 36.8 Å². The summed E-state index contributed by atoms with van der Waals surface area (Å²) >= 11 is 0. The van der Waals surface area contributed by atoms with E-state index in [0.717, 1.165) is 18.4 Å². The molecule has 0 bridgehead atoms. The van der Waals surface area contributed by atoms with Gasteiger partial charge in [0.1, 0.15) is 12.4 Å². The third-order valence-electron chi connectivity index (χ3n) is 5.04. The molecule has 1 saturated heterocycles. The van der Waals surface area contributed by atoms with Gasteiger partial charge in [0.15, 0.2) is 0 Å². The molecule has 0 aliphatic carbocycles. The average molecular weight is 384 g/mol. The highest BCUT2D eigenvalue weighted by atomic mass is 16.5. The highest BCUT2D eigenvalue weighted by molar-refractivity contribution is 5.81. The van der Waals surface area contributed by atoms with Crippen LogP contribution in [0.1, 0.15) is 30.1 Å². The Balaban J connectivity index is 1.49. The van der Waals surface area contributed by atoms with Crippen molar-refractivity contribution in [2.45, 2.75) is 31.6 Å². The molecule has 1 aliphatic heterocycles. The summed E-state index contributed by atoms with van der Waals surface area (Å²) < 4.78 is 11.1. The van der Waals surface area contributed by atoms with Crippen molar-refractivity contribution >= 4 is 5.91 Å². The second-order valence-corrected chi connectivity index (χ2v) is 7.08. The van der Waals surface area contributed by atoms with Crippen molar-refractivity contribution in [1.29, 1.82) is 0 Å². The Bertz CT molecular complexity index is 747. The lowest BCUT2D eigenvalue weighted by molar-refractivity contribution is -0.124. The molecule has 0 radical (unpaired) electrons. The maximum Gasteiger partial charge on any atom is 0.237 e. The number of amides is 1. The van der Waals surface area contributed by atoms with Gasteiger partial charge in [-0.2, -0.15) is 0 Å². The standard InChI is InChI=1S/C22H28N2O4/c23-21(17-9-11-27-12-10-17)22(26)24-14-20(25)18-7-4-8-19(13-18)28-15-16-5-2-1-3-6-16/h1-8,13,17,20-21,25H,9-12,14-15,23H2,(H,24,26). The minimum atomic E-state index is -0.828. The minimum Gasteiger partial charge on any atom is -0.489 e. The number of benzene rings is 2. The first-order chi connectivity index (χ1) is 13.6. The molecule has 1 fully saturated rings. The van der Waals surface area contributed by atoms with Crippen LogP contribution in [0.25, 0.3) is 0 Å². The van der Waals surface area contributed by atoms with Crippen LogP contribution >= 0.6 is 0 Å². The molecule has 2 aromatic carbocycles. The number of ether oxygens (including phenoxy) is 2. The Kier molecular flexibility index (Phi) is 7.42. The fourth-order valence-electron chi connectivity index (χ4n) is 3.27. The molecule has 0 spiro atoms. The Morgan fingerprint density at radius 1 is 1.18 bits per heavy atom. The van der Waals surface area contributed by atoms with E-state index in [2.05, 4.69) is 5.32 Å². The van der Waals surface area contributed by atoms with Crippen LogP contribution in [0.2, 0.25) is 0 Å². The smallest absolute Gasteiger partial charge is 0.237 e. The predicted molar refractivity (Wildman–Crippen MR) is 107 cm³/mol. The lowest BCUT2D eigenvalue weighted by atomic mass is 9.92. The van der Waals surface area contributed by atoms with Gasteiger partial charge in [-0.25, -0.2) is 0 Å². The van der Waals surface area contributed by atoms with Gasteiger partial charge < -0.3 is 25.6 Å². The summed E-state index contributed by atoms with van der Waals surface area (Å²) in [6, 6.07) is 16.6. The zero-order valence-corrected chi connectivity index (χ0v) is 15.9. The molecule has 1 amide bonds. The molecule has 1 aliphatic rings. The van der Waals surface area contributed by atoms with Crippen LogP contribution in [0, 0.1) is 5.92 Å². The molecule has 6 heteroatoms. The van der Waals surface area contributed by atoms with Gasteiger partial charge in [0.05, 0.1) is 12.1 Å². The van der Waals surface area contributed by atoms with E-state index in [0.29, 0.717) is 31.1 Å². The fraction of sp³-hybridized carbons (Fsp3) is 0.409. The summed E-state index contributed by atoms with van der Waals surface area (Å²) in [5.74, 6) is 0.564. The van der Waals surface area contributed by atoms with E-state index in [-0.39, 0.29) is 18.4 Å². The van der Waals surface area contributed by atoms with Gasteiger partial charge in [-0.05, 0) is 42.0 Å². The van der Waals surface area contributed by atoms with E-state index < -0.39 is 12.1 Å². The monoisotopic (exact) mass is 384 g/mol. The molecule has 0 saturated carbocycles. The van der Waals surface area contributed by atoms with Gasteiger partial charge >= 0.3 is 0 Å². The third-order valence-corrected chi connectivity index (χ3v) is 5.04. The number of aliphatic hydroxyl groups excluding tert-OH is 1. The summed E-state index contributed by atoms with van der Waals surface area (Å²) in [5.41, 5.74) is 7.82. The number of nitrogens with two attached hydrogens (primary N) is 1. The highest BCUT2D eigenvalue weighted by Crippen LogP contribution is 2.21. The molecule has 4 N–H and O–H groups in total. The van der Waals surface area contributed by atoms with Crippen molar-refractivity contribution < 1.29 is 19.4 Å². The Labute approximate surface area is 165 Å². The first-order valence-corrected chi connectivity index (χ1v) is 9.69. The first-order valence-electron chi connectivity index (χ1n) is 9.69. The average Bonchev–Trinajstić information content (AvgIpc) is 2.76. The van der Waals surface area contributed by atoms with Gasteiger partial charge in [-0.3, -0.25) is 4.79 Å². The third kappa shape index (κ3) is 5.79. The van der Waals surface area contributed by atoms with E-state index >= 15 is 0 Å². The maximum absolute atomic E-state index is 12.3. The SMILES string of the molecule is NC(C(=O)NCC(O)c1cccc(OCc2ccccc2)c1)C1CCOCC1. The molecule has 2 atom stereocenters. The number of hydrogen-bond acceptors (Lipinski definition) is 5. The van der Waals surface area contributed by atoms with Crippen molar-refractivity contribution in [3.8, 4) is 5.75 Å². The zero-order valence-electron chi connectivity index (χ0n) is 15.9. The molecule has 6 nitrogen and oxygen atoms in total. The summed E-state index contributed by atoms with van der Waals surface area (Å²) in [5, 5.41) is 13.2. The molecule has 0 aromatic heterocycles. The Hall–Kier alpha value is -2.41. The lowest BCUT2D eigenvalue weighted by Gasteiger charge is -2.27. The molecular weight excluding hydrogens is 356 g/mol. The normalized spacial score (nSPS) is 16.9. The highest BCUT2D eigenvalue weighted by Gasteiger charge is 2.26. The van der Waals surface area contributed by atoms with Crippen LogP contribution in [0.5, 0.6) is 5.75 Å². The van der Waals surface area contributed by atoms with Gasteiger partial charge in [-0.1, -0.05) is 42.5 Å². The van der Waals surface area contributed by atoms with E-state index in [4.69, 9.17) is 15.2 Å². The van der Waals surface area contributed by atoms with Crippen LogP contribution in [0.15, 0.2) is 54.6 Å². The van der Waals surface area contributed by atoms with Crippen molar-refractivity contribution in [2.24, 2.45) is 11.7 Å². The largest absolute Gasteiger partial charge is 0.489 e. The summed E-state index contributed by atoms with van der Waals surface area (Å²) in [6.45, 7) is 1.85. The summed E-state index contributed by atoms with van der Waals surface area (Å²) in [6.07, 6.45) is 0.752. The molecule has 2 aromatic rings.